The molecule has 3 rings (SSSR count). The summed E-state index contributed by atoms with van der Waals surface area (Å²) in [6.07, 6.45) is 2.05. The van der Waals surface area contributed by atoms with Crippen LogP contribution in [0, 0.1) is 19.8 Å². The molecule has 34 heavy (non-hydrogen) atoms. The topological polar surface area (TPSA) is 88.7 Å². The van der Waals surface area contributed by atoms with Crippen molar-refractivity contribution in [2.24, 2.45) is 5.92 Å². The van der Waals surface area contributed by atoms with E-state index in [2.05, 4.69) is 29.5 Å². The zero-order valence-corrected chi connectivity index (χ0v) is 21.6. The van der Waals surface area contributed by atoms with Gasteiger partial charge in [-0.2, -0.15) is 0 Å². The first-order valence-corrected chi connectivity index (χ1v) is 12.6. The van der Waals surface area contributed by atoms with Crippen LogP contribution in [-0.4, -0.2) is 30.2 Å². The van der Waals surface area contributed by atoms with Gasteiger partial charge in [-0.15, -0.1) is 11.3 Å². The number of ether oxygens (including phenoxy) is 2. The molecule has 0 radical (unpaired) electrons. The van der Waals surface area contributed by atoms with Crippen LogP contribution in [-0.2, 0) is 9.53 Å². The van der Waals surface area contributed by atoms with Crippen LogP contribution in [0.4, 0.5) is 5.00 Å². The summed E-state index contributed by atoms with van der Waals surface area (Å²) in [6, 6.07) is 7.19. The summed E-state index contributed by atoms with van der Waals surface area (Å²) in [4.78, 5) is 27.0. The van der Waals surface area contributed by atoms with Crippen LogP contribution in [0.5, 0.6) is 5.75 Å². The summed E-state index contributed by atoms with van der Waals surface area (Å²) >= 11 is 6.68. The van der Waals surface area contributed by atoms with E-state index in [9.17, 15) is 9.59 Å². The number of rotatable bonds is 9. The molecule has 2 heterocycles. The molecule has 0 spiro atoms. The summed E-state index contributed by atoms with van der Waals surface area (Å²) in [5.41, 5.74) is 2.55. The van der Waals surface area contributed by atoms with E-state index in [1.165, 1.54) is 11.3 Å². The molecule has 2 atom stereocenters. The van der Waals surface area contributed by atoms with Crippen molar-refractivity contribution in [3.05, 3.63) is 58.1 Å². The number of anilines is 1. The van der Waals surface area contributed by atoms with Crippen LogP contribution in [0.15, 0.2) is 36.5 Å². The second kappa shape index (κ2) is 11.5. The average molecular weight is 502 g/mol. The molecule has 9 heteroatoms. The van der Waals surface area contributed by atoms with Gasteiger partial charge in [0.1, 0.15) is 16.7 Å². The summed E-state index contributed by atoms with van der Waals surface area (Å²) in [5.74, 6) is -0.643. The Labute approximate surface area is 209 Å². The van der Waals surface area contributed by atoms with Crippen LogP contribution in [0.3, 0.4) is 0 Å². The first kappa shape index (κ1) is 25.7. The molecule has 3 N–H and O–H groups in total. The maximum absolute atomic E-state index is 13.5. The highest BCUT2D eigenvalue weighted by molar-refractivity contribution is 7.80. The zero-order chi connectivity index (χ0) is 24.8. The van der Waals surface area contributed by atoms with E-state index in [4.69, 9.17) is 21.7 Å². The first-order chi connectivity index (χ1) is 16.3. The van der Waals surface area contributed by atoms with Gasteiger partial charge in [0.25, 0.3) is 0 Å². The molecule has 1 fully saturated rings. The Morgan fingerprint density at radius 1 is 1.21 bits per heavy atom. The largest absolute Gasteiger partial charge is 0.494 e. The Bertz CT molecular complexity index is 1080. The minimum Gasteiger partial charge on any atom is -0.494 e. The lowest BCUT2D eigenvalue weighted by atomic mass is 9.88. The minimum absolute atomic E-state index is 0.255. The lowest BCUT2D eigenvalue weighted by Crippen LogP contribution is -2.51. The van der Waals surface area contributed by atoms with Crippen LogP contribution in [0.1, 0.15) is 59.1 Å². The van der Waals surface area contributed by atoms with E-state index >= 15 is 0 Å². The highest BCUT2D eigenvalue weighted by atomic mass is 32.1. The fourth-order valence-corrected chi connectivity index (χ4v) is 5.04. The van der Waals surface area contributed by atoms with E-state index in [1.54, 1.807) is 6.92 Å². The fraction of sp³-hybridized carbons (Fsp3) is 0.400. The molecule has 0 aliphatic carbocycles. The van der Waals surface area contributed by atoms with Gasteiger partial charge in [-0.05, 0) is 62.7 Å². The molecule has 1 aliphatic heterocycles. The van der Waals surface area contributed by atoms with Gasteiger partial charge in [0, 0.05) is 10.6 Å². The predicted octanol–water partition coefficient (Wildman–Crippen LogP) is 5.01. The third-order valence-corrected chi connectivity index (χ3v) is 7.00. The second-order valence-electron chi connectivity index (χ2n) is 8.05. The number of nitrogens with one attached hydrogen (secondary N) is 3. The fourth-order valence-electron chi connectivity index (χ4n) is 3.73. The van der Waals surface area contributed by atoms with Crippen molar-refractivity contribution < 1.29 is 19.1 Å². The maximum Gasteiger partial charge on any atom is 0.341 e. The maximum atomic E-state index is 13.5. The highest BCUT2D eigenvalue weighted by Gasteiger charge is 2.37. The predicted molar refractivity (Wildman–Crippen MR) is 139 cm³/mol. The van der Waals surface area contributed by atoms with Gasteiger partial charge in [0.05, 0.1) is 24.8 Å². The van der Waals surface area contributed by atoms with E-state index in [1.807, 2.05) is 38.1 Å². The highest BCUT2D eigenvalue weighted by Crippen LogP contribution is 2.36. The van der Waals surface area contributed by atoms with E-state index in [0.29, 0.717) is 28.0 Å². The number of carbonyl (C=O) groups excluding carboxylic acids is 2. The molecule has 1 aliphatic rings. The van der Waals surface area contributed by atoms with Crippen LogP contribution in [0.25, 0.3) is 0 Å². The number of esters is 1. The van der Waals surface area contributed by atoms with Gasteiger partial charge < -0.3 is 25.4 Å². The van der Waals surface area contributed by atoms with Crippen molar-refractivity contribution in [3.63, 3.8) is 0 Å². The van der Waals surface area contributed by atoms with E-state index < -0.39 is 17.9 Å². The van der Waals surface area contributed by atoms with Gasteiger partial charge in [-0.1, -0.05) is 32.1 Å². The minimum atomic E-state index is -0.670. The SMILES string of the molecule is C=C1NC(=S)N[C@@H](c2ccc(OCCCC)cc2)[C@@H]1C(=O)Nc1sc(C)c(C)c1C(=O)OCC. The van der Waals surface area contributed by atoms with Gasteiger partial charge in [-0.25, -0.2) is 4.79 Å². The first-order valence-electron chi connectivity index (χ1n) is 11.3. The van der Waals surface area contributed by atoms with Gasteiger partial charge in [0.2, 0.25) is 5.91 Å². The molecule has 0 bridgehead atoms. The lowest BCUT2D eigenvalue weighted by molar-refractivity contribution is -0.119. The Hall–Kier alpha value is -2.91. The molecule has 0 unspecified atom stereocenters. The van der Waals surface area contributed by atoms with Crippen LogP contribution >= 0.6 is 23.6 Å². The molecule has 2 aromatic rings. The number of unbranched alkanes of at least 4 members (excludes halogenated alkanes) is 1. The normalized spacial score (nSPS) is 17.5. The Kier molecular flexibility index (Phi) is 8.68. The number of hydrogen-bond donors (Lipinski definition) is 3. The van der Waals surface area contributed by atoms with E-state index in [0.717, 1.165) is 34.6 Å². The van der Waals surface area contributed by atoms with Crippen molar-refractivity contribution in [1.82, 2.24) is 10.6 Å². The standard InChI is InChI=1S/C25H31N3O4S2/c1-6-8-13-32-18-11-9-17(10-12-18)21-20(15(4)26-25(33)27-21)22(29)28-23-19(24(30)31-7-2)14(3)16(5)34-23/h9-12,20-21H,4,6-8,13H2,1-3,5H3,(H,28,29)(H2,26,27,33)/t20-,21+/m1/s1. The number of hydrogen-bond acceptors (Lipinski definition) is 6. The zero-order valence-electron chi connectivity index (χ0n) is 19.9. The number of benzene rings is 1. The van der Waals surface area contributed by atoms with Crippen molar-refractivity contribution in [3.8, 4) is 5.75 Å². The molecule has 1 saturated heterocycles. The van der Waals surface area contributed by atoms with Crippen LogP contribution in [0.2, 0.25) is 0 Å². The van der Waals surface area contributed by atoms with Crippen molar-refractivity contribution in [1.29, 1.82) is 0 Å². The Morgan fingerprint density at radius 2 is 1.91 bits per heavy atom. The molecule has 1 amide bonds. The number of thiophene rings is 1. The molecule has 0 saturated carbocycles. The number of carbonyl (C=O) groups is 2. The summed E-state index contributed by atoms with van der Waals surface area (Å²) < 4.78 is 11.0. The number of thiocarbonyl (C=S) groups is 1. The third-order valence-electron chi connectivity index (χ3n) is 5.66. The summed E-state index contributed by atoms with van der Waals surface area (Å²) in [7, 11) is 0. The molecular formula is C25H31N3O4S2. The molecular weight excluding hydrogens is 470 g/mol. The van der Waals surface area contributed by atoms with Gasteiger partial charge in [0.15, 0.2) is 5.11 Å². The Balaban J connectivity index is 1.86. The van der Waals surface area contributed by atoms with Gasteiger partial charge >= 0.3 is 5.97 Å². The molecule has 182 valence electrons. The monoisotopic (exact) mass is 501 g/mol. The smallest absolute Gasteiger partial charge is 0.341 e. The average Bonchev–Trinajstić information content (AvgIpc) is 3.06. The molecule has 1 aromatic heterocycles. The van der Waals surface area contributed by atoms with E-state index in [-0.39, 0.29) is 12.5 Å². The third kappa shape index (κ3) is 5.77. The Morgan fingerprint density at radius 3 is 2.56 bits per heavy atom. The van der Waals surface area contributed by atoms with Crippen molar-refractivity contribution >= 4 is 45.5 Å². The number of amides is 1. The summed E-state index contributed by atoms with van der Waals surface area (Å²) in [6.45, 7) is 12.6. The molecule has 7 nitrogen and oxygen atoms in total. The second-order valence-corrected chi connectivity index (χ2v) is 9.68. The quantitative estimate of drug-likeness (QED) is 0.253. The summed E-state index contributed by atoms with van der Waals surface area (Å²) in [5, 5.41) is 9.98. The van der Waals surface area contributed by atoms with Crippen molar-refractivity contribution in [2.75, 3.05) is 18.5 Å². The lowest BCUT2D eigenvalue weighted by Gasteiger charge is -2.35. The van der Waals surface area contributed by atoms with Crippen molar-refractivity contribution in [2.45, 2.75) is 46.6 Å². The van der Waals surface area contributed by atoms with Crippen LogP contribution < -0.4 is 20.7 Å². The van der Waals surface area contributed by atoms with Gasteiger partial charge in [-0.3, -0.25) is 4.79 Å². The molecule has 1 aromatic carbocycles. The number of aryl methyl sites for hydroxylation is 1.